The second kappa shape index (κ2) is 29.4. The van der Waals surface area contributed by atoms with Gasteiger partial charge in [-0.15, -0.1) is 22.7 Å². The van der Waals surface area contributed by atoms with Gasteiger partial charge in [0.1, 0.15) is 35.5 Å². The fourth-order valence-electron chi connectivity index (χ4n) is 9.02. The Balaban J connectivity index is 0.000000326. The summed E-state index contributed by atoms with van der Waals surface area (Å²) in [4.78, 5) is 61.1. The van der Waals surface area contributed by atoms with E-state index in [1.807, 2.05) is 57.4 Å². The van der Waals surface area contributed by atoms with E-state index >= 15 is 0 Å². The zero-order chi connectivity index (χ0) is 55.8. The Morgan fingerprint density at radius 2 is 1.13 bits per heavy atom. The lowest BCUT2D eigenvalue weighted by molar-refractivity contribution is -0.155. The molecule has 3 aliphatic heterocycles. The number of carbonyl (C=O) groups is 4. The van der Waals surface area contributed by atoms with Gasteiger partial charge in [0.15, 0.2) is 6.29 Å². The highest BCUT2D eigenvalue weighted by Crippen LogP contribution is 2.34. The smallest absolute Gasteiger partial charge is 0.309 e. The van der Waals surface area contributed by atoms with Crippen molar-refractivity contribution in [2.45, 2.75) is 171 Å². The van der Waals surface area contributed by atoms with Gasteiger partial charge < -0.3 is 44.5 Å². The highest BCUT2D eigenvalue weighted by Gasteiger charge is 2.44. The summed E-state index contributed by atoms with van der Waals surface area (Å²) in [6, 6.07) is 0. The predicted octanol–water partition coefficient (Wildman–Crippen LogP) is 8.96. The Kier molecular flexibility index (Phi) is 24.8. The van der Waals surface area contributed by atoms with Gasteiger partial charge in [-0.2, -0.15) is 0 Å². The molecule has 0 amide bonds. The molecule has 0 bridgehead atoms. The minimum atomic E-state index is -1.32. The minimum absolute atomic E-state index is 0.175. The van der Waals surface area contributed by atoms with Crippen molar-refractivity contribution < 1.29 is 68.0 Å². The molecule has 1 fully saturated rings. The highest BCUT2D eigenvalue weighted by atomic mass is 32.1. The number of hydrogen-bond donors (Lipinski definition) is 5. The number of aliphatic hydroxyl groups excluding tert-OH is 5. The van der Waals surface area contributed by atoms with Crippen LogP contribution >= 0.6 is 22.7 Å². The van der Waals surface area contributed by atoms with E-state index in [1.165, 1.54) is 11.3 Å². The third kappa shape index (κ3) is 18.7. The van der Waals surface area contributed by atoms with Crippen molar-refractivity contribution in [3.05, 3.63) is 90.9 Å². The second-order valence-corrected chi connectivity index (χ2v) is 23.3. The van der Waals surface area contributed by atoms with Crippen LogP contribution in [0.15, 0.2) is 69.5 Å². The molecular formula is C57H81FN2O13S2. The van der Waals surface area contributed by atoms with Crippen molar-refractivity contribution in [3.63, 3.8) is 0 Å². The number of ketones is 2. The number of alkyl halides is 1. The van der Waals surface area contributed by atoms with Gasteiger partial charge in [-0.3, -0.25) is 19.2 Å². The number of allylic oxidation sites excluding steroid dienone is 5. The van der Waals surface area contributed by atoms with E-state index in [9.17, 15) is 49.1 Å². The van der Waals surface area contributed by atoms with Crippen molar-refractivity contribution in [2.75, 3.05) is 19.9 Å². The third-order valence-electron chi connectivity index (χ3n) is 14.4. The van der Waals surface area contributed by atoms with Crippen LogP contribution in [0.25, 0.3) is 12.2 Å². The number of aliphatic hydroxyl groups is 5. The Morgan fingerprint density at radius 3 is 1.56 bits per heavy atom. The summed E-state index contributed by atoms with van der Waals surface area (Å²) in [5, 5.41) is 57.9. The molecule has 0 saturated carbocycles. The Morgan fingerprint density at radius 1 is 0.693 bits per heavy atom. The molecule has 0 aliphatic carbocycles. The van der Waals surface area contributed by atoms with E-state index in [4.69, 9.17) is 18.9 Å². The molecule has 416 valence electrons. The Bertz CT molecular complexity index is 2410. The quantitative estimate of drug-likeness (QED) is 0.155. The van der Waals surface area contributed by atoms with Crippen LogP contribution in [-0.2, 0) is 44.7 Å². The predicted molar refractivity (Wildman–Crippen MR) is 289 cm³/mol. The van der Waals surface area contributed by atoms with Gasteiger partial charge in [-0.05, 0) is 79.9 Å². The molecule has 3 aliphatic rings. The molecule has 0 aromatic carbocycles. The molecule has 5 rings (SSSR count). The summed E-state index contributed by atoms with van der Waals surface area (Å²) >= 11 is 2.85. The van der Waals surface area contributed by atoms with Gasteiger partial charge in [-0.25, -0.2) is 14.4 Å². The first kappa shape index (κ1) is 63.2. The van der Waals surface area contributed by atoms with E-state index < -0.39 is 84.3 Å². The lowest BCUT2D eigenvalue weighted by atomic mass is 9.73. The standard InChI is InChI=1S/C30H43NO7S.C27H38FNO6S/c1-18-8-7-9-22(15-27-36-12-13-37-27)10-11-24(19(2)14-23-17-39-21(4)31-23)38-26(33)16-25(32)30(5,6)29(35)20(3)28(18)34;1-16-7-6-8-19(13-28)9-10-21(17(2)11-20-15-36-23(14-30)29-20)35-24(32)12-22(31)27(4,5)26(34)18(3)25(16)33/h7,9-10,14,17-18,20,24-25,27-28,32,34H,8,11-13,15-16H2,1-6H3;6,8-9,11,15-16,18,21-22,25,30-31,33H,7,10,12-14H2,1-5H3/b9-7+,19-14+,22-10+;8-6+,17-11+,19-9+/t18-,20+,24-,25-,28-;16-,18+,21-,22-,25-/m00/s1. The number of nitrogens with zero attached hydrogens (tertiary/aromatic N) is 2. The van der Waals surface area contributed by atoms with E-state index in [1.54, 1.807) is 89.5 Å². The van der Waals surface area contributed by atoms with Crippen LogP contribution in [0.2, 0.25) is 0 Å². The first-order valence-electron chi connectivity index (χ1n) is 25.8. The normalized spacial score (nSPS) is 32.0. The van der Waals surface area contributed by atoms with Crippen molar-refractivity contribution in [1.29, 1.82) is 0 Å². The minimum Gasteiger partial charge on any atom is -0.457 e. The molecule has 0 unspecified atom stereocenters. The number of aromatic nitrogens is 2. The second-order valence-electron chi connectivity index (χ2n) is 21.3. The largest absolute Gasteiger partial charge is 0.457 e. The molecular weight excluding hydrogens is 1000 g/mol. The van der Waals surface area contributed by atoms with E-state index in [0.717, 1.165) is 21.8 Å². The van der Waals surface area contributed by atoms with Crippen molar-refractivity contribution in [2.24, 2.45) is 34.5 Å². The fourth-order valence-corrected chi connectivity index (χ4v) is 10.2. The van der Waals surface area contributed by atoms with Gasteiger partial charge in [0, 0.05) is 41.9 Å². The summed E-state index contributed by atoms with van der Waals surface area (Å²) in [5.41, 5.74) is 1.72. The van der Waals surface area contributed by atoms with Crippen LogP contribution in [0.5, 0.6) is 0 Å². The molecule has 5 N–H and O–H groups in total. The molecule has 0 radical (unpaired) electrons. The van der Waals surface area contributed by atoms with Crippen LogP contribution in [-0.4, -0.2) is 122 Å². The summed E-state index contributed by atoms with van der Waals surface area (Å²) < 4.78 is 36.6. The van der Waals surface area contributed by atoms with Crippen LogP contribution in [0, 0.1) is 41.4 Å². The monoisotopic (exact) mass is 1080 g/mol. The molecule has 2 aromatic heterocycles. The van der Waals surface area contributed by atoms with E-state index in [2.05, 4.69) is 9.97 Å². The number of esters is 2. The molecule has 75 heavy (non-hydrogen) atoms. The SMILES string of the molecule is C/C(=C\c1csc(C)n1)[C@@H]1C/C=C(CC2OCCO2)\C=C\C[C@H](C)[C@H](O)[C@@H](C)C(=O)C(C)(C)[C@@H](O)CC(=O)O1.C/C(=C\c1csc(CO)n1)[C@@H]1C/C=C(CF)\C=C\C[C@H](C)[C@H](O)[C@@H](C)C(=O)C(C)(C)[C@@H](O)CC(=O)O1. The molecule has 10 atom stereocenters. The Labute approximate surface area is 450 Å². The number of aryl methyl sites for hydroxylation is 1. The van der Waals surface area contributed by atoms with Gasteiger partial charge in [0.25, 0.3) is 0 Å². The maximum Gasteiger partial charge on any atom is 0.309 e. The maximum atomic E-state index is 13.7. The van der Waals surface area contributed by atoms with Crippen LogP contribution in [0.4, 0.5) is 4.39 Å². The van der Waals surface area contributed by atoms with Gasteiger partial charge >= 0.3 is 11.9 Å². The summed E-state index contributed by atoms with van der Waals surface area (Å²) in [6.07, 6.45) is 9.96. The number of cyclic esters (lactones) is 2. The zero-order valence-electron chi connectivity index (χ0n) is 45.5. The Hall–Kier alpha value is -4.37. The summed E-state index contributed by atoms with van der Waals surface area (Å²) in [7, 11) is 0. The number of halogens is 1. The van der Waals surface area contributed by atoms with Crippen molar-refractivity contribution in [3.8, 4) is 0 Å². The number of rotatable bonds is 8. The van der Waals surface area contributed by atoms with Crippen LogP contribution < -0.4 is 0 Å². The highest BCUT2D eigenvalue weighted by molar-refractivity contribution is 7.10. The lowest BCUT2D eigenvalue weighted by Crippen LogP contribution is -2.45. The van der Waals surface area contributed by atoms with E-state index in [-0.39, 0.29) is 49.1 Å². The van der Waals surface area contributed by atoms with Crippen LogP contribution in [0.3, 0.4) is 0 Å². The molecule has 1 saturated heterocycles. The first-order valence-corrected chi connectivity index (χ1v) is 27.6. The number of ether oxygens (including phenoxy) is 4. The van der Waals surface area contributed by atoms with Crippen LogP contribution in [0.1, 0.15) is 136 Å². The van der Waals surface area contributed by atoms with Gasteiger partial charge in [0.05, 0.1) is 84.3 Å². The molecule has 2 aromatic rings. The number of hydrogen-bond acceptors (Lipinski definition) is 17. The number of carbonyl (C=O) groups excluding carboxylic acids is 4. The van der Waals surface area contributed by atoms with Crippen molar-refractivity contribution >= 4 is 58.3 Å². The maximum absolute atomic E-state index is 13.7. The molecule has 18 heteroatoms. The van der Waals surface area contributed by atoms with Gasteiger partial charge in [-0.1, -0.05) is 91.8 Å². The zero-order valence-corrected chi connectivity index (χ0v) is 47.1. The topological polar surface area (TPSA) is 232 Å². The lowest BCUT2D eigenvalue weighted by Gasteiger charge is -2.34. The fraction of sp³-hybridized carbons (Fsp3) is 0.614. The molecule has 15 nitrogen and oxygen atoms in total. The average molecular weight is 1090 g/mol. The average Bonchev–Trinajstić information content (AvgIpc) is 4.16. The summed E-state index contributed by atoms with van der Waals surface area (Å²) in [6.45, 7) is 19.1. The number of thiazole rings is 2. The van der Waals surface area contributed by atoms with E-state index in [0.29, 0.717) is 60.7 Å². The first-order chi connectivity index (χ1) is 35.3. The van der Waals surface area contributed by atoms with Crippen molar-refractivity contribution in [1.82, 2.24) is 9.97 Å². The third-order valence-corrected chi connectivity index (χ3v) is 16.1. The molecule has 0 spiro atoms. The molecule has 5 heterocycles. The number of Topliss-reactive ketones (excluding diaryl/α,β-unsaturated/α-hetero) is 2. The summed E-state index contributed by atoms with van der Waals surface area (Å²) in [5.74, 6) is -3.88. The van der Waals surface area contributed by atoms with Gasteiger partial charge in [0.2, 0.25) is 0 Å².